The molecule has 0 aliphatic heterocycles. The third-order valence-electron chi connectivity index (χ3n) is 5.42. The molecule has 0 fully saturated rings. The summed E-state index contributed by atoms with van der Waals surface area (Å²) in [4.78, 5) is 4.23. The molecule has 0 amide bonds. The third-order valence-corrected chi connectivity index (χ3v) is 5.72. The molecule has 0 atom stereocenters. The van der Waals surface area contributed by atoms with Crippen molar-refractivity contribution >= 4 is 27.9 Å². The second kappa shape index (κ2) is 5.86. The van der Waals surface area contributed by atoms with Crippen LogP contribution in [0.1, 0.15) is 30.4 Å². The highest BCUT2D eigenvalue weighted by molar-refractivity contribution is 6.36. The zero-order valence-electron chi connectivity index (χ0n) is 13.9. The van der Waals surface area contributed by atoms with Crippen molar-refractivity contribution in [1.82, 2.24) is 4.98 Å². The first-order valence-corrected chi connectivity index (χ1v) is 9.23. The summed E-state index contributed by atoms with van der Waals surface area (Å²) in [5.41, 5.74) is 8.05. The van der Waals surface area contributed by atoms with E-state index in [0.717, 1.165) is 29.0 Å². The van der Waals surface area contributed by atoms with Gasteiger partial charge in [-0.25, -0.2) is 0 Å². The fraction of sp³-hybridized carbons (Fsp3) is 0.174. The highest BCUT2D eigenvalue weighted by atomic mass is 35.5. The molecule has 1 aromatic heterocycles. The molecule has 0 spiro atoms. The number of aryl methyl sites for hydroxylation is 1. The van der Waals surface area contributed by atoms with Crippen LogP contribution in [0.25, 0.3) is 27.5 Å². The van der Waals surface area contributed by atoms with Crippen molar-refractivity contribution in [2.24, 2.45) is 0 Å². The van der Waals surface area contributed by atoms with Gasteiger partial charge in [0.25, 0.3) is 0 Å². The number of aromatic nitrogens is 1. The molecule has 2 aliphatic carbocycles. The van der Waals surface area contributed by atoms with Gasteiger partial charge in [0, 0.05) is 28.4 Å². The van der Waals surface area contributed by atoms with Crippen molar-refractivity contribution in [3.05, 3.63) is 82.7 Å². The van der Waals surface area contributed by atoms with Crippen molar-refractivity contribution in [2.75, 3.05) is 0 Å². The predicted octanol–water partition coefficient (Wildman–Crippen LogP) is 6.61. The number of allylic oxidation sites excluding steroid dienone is 4. The first-order chi connectivity index (χ1) is 12.3. The van der Waals surface area contributed by atoms with Gasteiger partial charge in [-0.15, -0.1) is 0 Å². The molecule has 0 radical (unpaired) electrons. The average molecular weight is 344 g/mol. The van der Waals surface area contributed by atoms with Crippen molar-refractivity contribution in [1.29, 1.82) is 0 Å². The topological polar surface area (TPSA) is 12.9 Å². The van der Waals surface area contributed by atoms with E-state index in [1.807, 2.05) is 12.3 Å². The molecule has 2 aromatic carbocycles. The molecule has 3 aromatic rings. The van der Waals surface area contributed by atoms with Crippen molar-refractivity contribution < 1.29 is 0 Å². The van der Waals surface area contributed by atoms with Gasteiger partial charge in [0.15, 0.2) is 0 Å². The molecule has 5 rings (SSSR count). The Bertz CT molecular complexity index is 1040. The molecule has 0 unspecified atom stereocenters. The number of nitrogens with zero attached hydrogens (tertiary/aromatic N) is 1. The van der Waals surface area contributed by atoms with E-state index in [1.165, 1.54) is 40.3 Å². The lowest BCUT2D eigenvalue weighted by molar-refractivity contribution is 0.831. The van der Waals surface area contributed by atoms with Gasteiger partial charge in [-0.2, -0.15) is 0 Å². The Morgan fingerprint density at radius 2 is 1.92 bits per heavy atom. The van der Waals surface area contributed by atoms with Gasteiger partial charge in [-0.3, -0.25) is 4.98 Å². The van der Waals surface area contributed by atoms with Gasteiger partial charge in [-0.05, 0) is 71.5 Å². The molecule has 2 aliphatic rings. The van der Waals surface area contributed by atoms with Crippen LogP contribution in [-0.4, -0.2) is 4.98 Å². The Labute approximate surface area is 152 Å². The molecular formula is C23H18ClN. The summed E-state index contributed by atoms with van der Waals surface area (Å²) < 4.78 is 0. The molecule has 0 N–H and O–H groups in total. The first-order valence-electron chi connectivity index (χ1n) is 8.86. The zero-order valence-corrected chi connectivity index (χ0v) is 14.7. The summed E-state index contributed by atoms with van der Waals surface area (Å²) in [6.07, 6.45) is 12.9. The highest BCUT2D eigenvalue weighted by Crippen LogP contribution is 2.42. The lowest BCUT2D eigenvalue weighted by Gasteiger charge is -2.26. The maximum Gasteiger partial charge on any atom is 0.0493 e. The molecule has 0 saturated heterocycles. The lowest BCUT2D eigenvalue weighted by Crippen LogP contribution is -2.07. The Morgan fingerprint density at radius 3 is 2.80 bits per heavy atom. The normalized spacial score (nSPS) is 16.0. The van der Waals surface area contributed by atoms with Crippen molar-refractivity contribution in [2.45, 2.75) is 25.7 Å². The number of benzene rings is 2. The molecule has 0 saturated carbocycles. The Hall–Kier alpha value is -2.38. The van der Waals surface area contributed by atoms with E-state index in [4.69, 9.17) is 11.6 Å². The predicted molar refractivity (Wildman–Crippen MR) is 106 cm³/mol. The largest absolute Gasteiger partial charge is 0.264 e. The molecule has 25 heavy (non-hydrogen) atoms. The van der Waals surface area contributed by atoms with Crippen LogP contribution < -0.4 is 0 Å². The van der Waals surface area contributed by atoms with E-state index in [-0.39, 0.29) is 0 Å². The van der Waals surface area contributed by atoms with Crippen LogP contribution >= 0.6 is 11.6 Å². The number of hydrogen-bond acceptors (Lipinski definition) is 1. The molecule has 0 bridgehead atoms. The van der Waals surface area contributed by atoms with Gasteiger partial charge >= 0.3 is 0 Å². The monoisotopic (exact) mass is 343 g/mol. The number of rotatable bonds is 1. The van der Waals surface area contributed by atoms with Crippen LogP contribution in [0.15, 0.2) is 66.5 Å². The smallest absolute Gasteiger partial charge is 0.0493 e. The van der Waals surface area contributed by atoms with E-state index in [1.54, 1.807) is 11.8 Å². The molecule has 1 nitrogen and oxygen atoms in total. The summed E-state index contributed by atoms with van der Waals surface area (Å²) >= 11 is 6.77. The maximum absolute atomic E-state index is 6.77. The maximum atomic E-state index is 6.77. The van der Waals surface area contributed by atoms with Gasteiger partial charge in [0.05, 0.1) is 0 Å². The van der Waals surface area contributed by atoms with Crippen LogP contribution in [0.2, 0.25) is 5.02 Å². The minimum atomic E-state index is 0.844. The van der Waals surface area contributed by atoms with E-state index in [9.17, 15) is 0 Å². The van der Waals surface area contributed by atoms with Gasteiger partial charge in [0.2, 0.25) is 0 Å². The third kappa shape index (κ3) is 2.42. The fourth-order valence-electron chi connectivity index (χ4n) is 4.23. The van der Waals surface area contributed by atoms with Crippen molar-refractivity contribution in [3.8, 4) is 11.1 Å². The number of halogens is 1. The van der Waals surface area contributed by atoms with Crippen LogP contribution in [0.5, 0.6) is 0 Å². The van der Waals surface area contributed by atoms with Gasteiger partial charge < -0.3 is 0 Å². The fourth-order valence-corrected chi connectivity index (χ4v) is 4.57. The standard InChI is InChI=1S/C23H18ClN/c24-22-13-18(17-5-3-11-25-14-17)12-16-8-9-20-19-6-2-1-4-15(19)7-10-21(20)23(16)22/h2-3,5-6,8-9,11-14H,1,4,7,10H2. The summed E-state index contributed by atoms with van der Waals surface area (Å²) in [5, 5.41) is 3.28. The van der Waals surface area contributed by atoms with E-state index < -0.39 is 0 Å². The second-order valence-electron chi connectivity index (χ2n) is 6.85. The lowest BCUT2D eigenvalue weighted by atomic mass is 9.79. The molecule has 1 heterocycles. The number of fused-ring (bicyclic) bond motifs is 4. The SMILES string of the molecule is Clc1cc(-c2cccnc2)cc2ccc3c(c12)CCC1=C3C=CCC1. The van der Waals surface area contributed by atoms with Crippen molar-refractivity contribution in [3.63, 3.8) is 0 Å². The quantitative estimate of drug-likeness (QED) is 0.484. The van der Waals surface area contributed by atoms with Crippen LogP contribution in [0.4, 0.5) is 0 Å². The van der Waals surface area contributed by atoms with Gasteiger partial charge in [-0.1, -0.05) is 47.5 Å². The van der Waals surface area contributed by atoms with Crippen LogP contribution in [0, 0.1) is 0 Å². The molecule has 2 heteroatoms. The number of hydrogen-bond donors (Lipinski definition) is 0. The zero-order chi connectivity index (χ0) is 16.8. The molecular weight excluding hydrogens is 326 g/mol. The van der Waals surface area contributed by atoms with Gasteiger partial charge in [0.1, 0.15) is 0 Å². The van der Waals surface area contributed by atoms with E-state index in [0.29, 0.717) is 0 Å². The summed E-state index contributed by atoms with van der Waals surface area (Å²) in [6.45, 7) is 0. The minimum absolute atomic E-state index is 0.844. The summed E-state index contributed by atoms with van der Waals surface area (Å²) in [6, 6.07) is 12.9. The van der Waals surface area contributed by atoms with Crippen LogP contribution in [0.3, 0.4) is 0 Å². The average Bonchev–Trinajstić information content (AvgIpc) is 2.67. The van der Waals surface area contributed by atoms with E-state index >= 15 is 0 Å². The Morgan fingerprint density at radius 1 is 0.960 bits per heavy atom. The second-order valence-corrected chi connectivity index (χ2v) is 7.26. The summed E-state index contributed by atoms with van der Waals surface area (Å²) in [5.74, 6) is 0. The number of pyridine rings is 1. The highest BCUT2D eigenvalue weighted by Gasteiger charge is 2.21. The summed E-state index contributed by atoms with van der Waals surface area (Å²) in [7, 11) is 0. The van der Waals surface area contributed by atoms with E-state index in [2.05, 4.69) is 47.5 Å². The Balaban J connectivity index is 1.73. The minimum Gasteiger partial charge on any atom is -0.264 e. The molecule has 122 valence electrons. The first kappa shape index (κ1) is 14.9. The van der Waals surface area contributed by atoms with Crippen LogP contribution in [-0.2, 0) is 6.42 Å². The Kier molecular flexibility index (Phi) is 3.50.